The van der Waals surface area contributed by atoms with Crippen LogP contribution < -0.4 is 4.90 Å². The molecule has 0 aliphatic carbocycles. The van der Waals surface area contributed by atoms with Gasteiger partial charge in [0, 0.05) is 33.0 Å². The predicted octanol–water partition coefficient (Wildman–Crippen LogP) is 2.56. The molecule has 1 fully saturated rings. The molecule has 1 saturated heterocycles. The van der Waals surface area contributed by atoms with Crippen molar-refractivity contribution in [2.45, 2.75) is 27.2 Å². The van der Waals surface area contributed by atoms with E-state index in [-0.39, 0.29) is 18.2 Å². The average molecular weight is 339 g/mol. The largest absolute Gasteiger partial charge is 0.378 e. The Bertz CT molecular complexity index is 574. The molecule has 0 unspecified atom stereocenters. The first kappa shape index (κ1) is 17.8. The number of aryl methyl sites for hydroxylation is 2. The summed E-state index contributed by atoms with van der Waals surface area (Å²) in [5.41, 5.74) is 2.67. The number of amides is 2. The van der Waals surface area contributed by atoms with Gasteiger partial charge in [0.1, 0.15) is 0 Å². The second-order valence-corrected chi connectivity index (χ2v) is 6.23. The number of hydrogen-bond donors (Lipinski definition) is 0. The van der Waals surface area contributed by atoms with E-state index in [1.807, 2.05) is 26.0 Å². The molecule has 1 aromatic rings. The van der Waals surface area contributed by atoms with Crippen LogP contribution in [-0.4, -0.2) is 49.6 Å². The number of rotatable bonds is 4. The molecule has 2 amide bonds. The van der Waals surface area contributed by atoms with E-state index in [1.54, 1.807) is 9.80 Å². The van der Waals surface area contributed by atoms with Gasteiger partial charge in [-0.25, -0.2) is 0 Å². The highest BCUT2D eigenvalue weighted by Crippen LogP contribution is 2.31. The second-order valence-electron chi connectivity index (χ2n) is 5.83. The third-order valence-corrected chi connectivity index (χ3v) is 4.25. The zero-order valence-electron chi connectivity index (χ0n) is 13.9. The summed E-state index contributed by atoms with van der Waals surface area (Å²) in [6.07, 6.45) is 0.281. The van der Waals surface area contributed by atoms with Crippen molar-refractivity contribution in [2.24, 2.45) is 0 Å². The Morgan fingerprint density at radius 2 is 1.91 bits per heavy atom. The highest BCUT2D eigenvalue weighted by molar-refractivity contribution is 6.34. The molecule has 0 N–H and O–H groups in total. The molecule has 1 aliphatic heterocycles. The highest BCUT2D eigenvalue weighted by atomic mass is 35.5. The number of morpholine rings is 1. The molecule has 6 heteroatoms. The number of hydrogen-bond acceptors (Lipinski definition) is 3. The third kappa shape index (κ3) is 4.45. The smallest absolute Gasteiger partial charge is 0.224 e. The fraction of sp³-hybridized carbons (Fsp3) is 0.529. The van der Waals surface area contributed by atoms with E-state index >= 15 is 0 Å². The molecule has 126 valence electrons. The lowest BCUT2D eigenvalue weighted by molar-refractivity contribution is -0.135. The van der Waals surface area contributed by atoms with Gasteiger partial charge in [-0.05, 0) is 31.0 Å². The summed E-state index contributed by atoms with van der Waals surface area (Å²) in [5, 5.41) is 0.538. The summed E-state index contributed by atoms with van der Waals surface area (Å²) in [6.45, 7) is 8.09. The van der Waals surface area contributed by atoms with Crippen LogP contribution in [0.1, 0.15) is 24.5 Å². The van der Waals surface area contributed by atoms with Crippen LogP contribution in [0, 0.1) is 13.8 Å². The minimum atomic E-state index is -0.117. The fourth-order valence-electron chi connectivity index (χ4n) is 2.85. The molecule has 1 aromatic carbocycles. The standard InChI is InChI=1S/C17H23ClN2O3/c1-12-10-13(2)17(15(18)11-12)20(14(3)21)5-4-16(22)19-6-8-23-9-7-19/h10-11H,4-9H2,1-3H3. The van der Waals surface area contributed by atoms with Gasteiger partial charge < -0.3 is 14.5 Å². The van der Waals surface area contributed by atoms with Gasteiger partial charge in [0.25, 0.3) is 0 Å². The average Bonchev–Trinajstić information content (AvgIpc) is 2.49. The molecule has 0 spiro atoms. The van der Waals surface area contributed by atoms with Gasteiger partial charge in [-0.1, -0.05) is 17.7 Å². The van der Waals surface area contributed by atoms with Crippen molar-refractivity contribution >= 4 is 29.1 Å². The molecule has 0 radical (unpaired) electrons. The van der Waals surface area contributed by atoms with Gasteiger partial charge >= 0.3 is 0 Å². The lowest BCUT2D eigenvalue weighted by atomic mass is 10.1. The van der Waals surface area contributed by atoms with E-state index in [9.17, 15) is 9.59 Å². The van der Waals surface area contributed by atoms with E-state index in [0.717, 1.165) is 11.1 Å². The summed E-state index contributed by atoms with van der Waals surface area (Å²) >= 11 is 6.33. The molecule has 1 heterocycles. The SMILES string of the molecule is CC(=O)N(CCC(=O)N1CCOCC1)c1c(C)cc(C)cc1Cl. The van der Waals surface area contributed by atoms with Crippen LogP contribution in [0.25, 0.3) is 0 Å². The maximum Gasteiger partial charge on any atom is 0.224 e. The molecule has 0 bridgehead atoms. The third-order valence-electron chi connectivity index (χ3n) is 3.96. The van der Waals surface area contributed by atoms with E-state index in [4.69, 9.17) is 16.3 Å². The molecule has 0 atom stereocenters. The quantitative estimate of drug-likeness (QED) is 0.847. The number of carbonyl (C=O) groups excluding carboxylic acids is 2. The molecule has 5 nitrogen and oxygen atoms in total. The van der Waals surface area contributed by atoms with Crippen LogP contribution in [0.2, 0.25) is 5.02 Å². The number of carbonyl (C=O) groups is 2. The Hall–Kier alpha value is -1.59. The van der Waals surface area contributed by atoms with Crippen molar-refractivity contribution in [3.8, 4) is 0 Å². The lowest BCUT2D eigenvalue weighted by Crippen LogP contribution is -2.42. The zero-order chi connectivity index (χ0) is 17.0. The molecular formula is C17H23ClN2O3. The minimum absolute atomic E-state index is 0.0421. The minimum Gasteiger partial charge on any atom is -0.378 e. The van der Waals surface area contributed by atoms with Gasteiger partial charge in [-0.2, -0.15) is 0 Å². The van der Waals surface area contributed by atoms with E-state index in [2.05, 4.69) is 0 Å². The molecular weight excluding hydrogens is 316 g/mol. The summed E-state index contributed by atoms with van der Waals surface area (Å²) in [4.78, 5) is 27.7. The van der Waals surface area contributed by atoms with Gasteiger partial charge in [-0.15, -0.1) is 0 Å². The summed E-state index contributed by atoms with van der Waals surface area (Å²) in [6, 6.07) is 3.82. The second kappa shape index (κ2) is 7.79. The normalized spacial score (nSPS) is 14.7. The van der Waals surface area contributed by atoms with Crippen LogP contribution in [0.3, 0.4) is 0 Å². The maximum atomic E-state index is 12.3. The van der Waals surface area contributed by atoms with Crippen LogP contribution in [0.5, 0.6) is 0 Å². The van der Waals surface area contributed by atoms with Gasteiger partial charge in [0.2, 0.25) is 11.8 Å². The van der Waals surface area contributed by atoms with Crippen LogP contribution in [0.4, 0.5) is 5.69 Å². The number of halogens is 1. The molecule has 0 saturated carbocycles. The molecule has 1 aliphatic rings. The van der Waals surface area contributed by atoms with Crippen molar-refractivity contribution in [1.29, 1.82) is 0 Å². The van der Waals surface area contributed by atoms with Crippen molar-refractivity contribution in [3.63, 3.8) is 0 Å². The van der Waals surface area contributed by atoms with Crippen LogP contribution in [0.15, 0.2) is 12.1 Å². The summed E-state index contributed by atoms with van der Waals surface area (Å²) in [7, 11) is 0. The Kier molecular flexibility index (Phi) is 6.02. The van der Waals surface area contributed by atoms with E-state index < -0.39 is 0 Å². The monoisotopic (exact) mass is 338 g/mol. The first-order valence-electron chi connectivity index (χ1n) is 7.80. The fourth-order valence-corrected chi connectivity index (χ4v) is 3.28. The van der Waals surface area contributed by atoms with Crippen molar-refractivity contribution in [3.05, 3.63) is 28.3 Å². The maximum absolute atomic E-state index is 12.3. The lowest BCUT2D eigenvalue weighted by Gasteiger charge is -2.29. The Morgan fingerprint density at radius 1 is 1.26 bits per heavy atom. The number of anilines is 1. The van der Waals surface area contributed by atoms with Gasteiger partial charge in [0.15, 0.2) is 0 Å². The van der Waals surface area contributed by atoms with Crippen molar-refractivity contribution < 1.29 is 14.3 Å². The first-order valence-corrected chi connectivity index (χ1v) is 8.18. The highest BCUT2D eigenvalue weighted by Gasteiger charge is 2.21. The summed E-state index contributed by atoms with van der Waals surface area (Å²) in [5.74, 6) is -0.0749. The number of nitrogens with zero attached hydrogens (tertiary/aromatic N) is 2. The van der Waals surface area contributed by atoms with E-state index in [1.165, 1.54) is 6.92 Å². The molecule has 23 heavy (non-hydrogen) atoms. The van der Waals surface area contributed by atoms with Crippen LogP contribution >= 0.6 is 11.6 Å². The summed E-state index contributed by atoms with van der Waals surface area (Å²) < 4.78 is 5.25. The van der Waals surface area contributed by atoms with Crippen molar-refractivity contribution in [1.82, 2.24) is 4.90 Å². The van der Waals surface area contributed by atoms with Crippen molar-refractivity contribution in [2.75, 3.05) is 37.7 Å². The van der Waals surface area contributed by atoms with Gasteiger partial charge in [0.05, 0.1) is 23.9 Å². The molecule has 0 aromatic heterocycles. The molecule has 2 rings (SSSR count). The zero-order valence-corrected chi connectivity index (χ0v) is 14.7. The Labute approximate surface area is 142 Å². The van der Waals surface area contributed by atoms with Crippen LogP contribution in [-0.2, 0) is 14.3 Å². The Balaban J connectivity index is 2.10. The number of benzene rings is 1. The topological polar surface area (TPSA) is 49.9 Å². The number of ether oxygens (including phenoxy) is 1. The predicted molar refractivity (Wildman–Crippen MR) is 91.0 cm³/mol. The van der Waals surface area contributed by atoms with Gasteiger partial charge in [-0.3, -0.25) is 9.59 Å². The Morgan fingerprint density at radius 3 is 2.48 bits per heavy atom. The first-order chi connectivity index (χ1) is 10.9. The van der Waals surface area contributed by atoms with E-state index in [0.29, 0.717) is 43.6 Å².